The third kappa shape index (κ3) is 2.43. The van der Waals surface area contributed by atoms with Crippen LogP contribution in [0.4, 0.5) is 4.79 Å². The first-order valence-electron chi connectivity index (χ1n) is 5.79. The second-order valence-electron chi connectivity index (χ2n) is 5.51. The van der Waals surface area contributed by atoms with Gasteiger partial charge in [0.2, 0.25) is 0 Å². The lowest BCUT2D eigenvalue weighted by Gasteiger charge is -2.31. The van der Waals surface area contributed by atoms with Gasteiger partial charge in [0.1, 0.15) is 0 Å². The molecule has 4 heteroatoms. The molecule has 1 saturated carbocycles. The van der Waals surface area contributed by atoms with Gasteiger partial charge in [-0.25, -0.2) is 4.79 Å². The normalized spacial score (nSPS) is 30.3. The topological polar surface area (TPSA) is 58.4 Å². The van der Waals surface area contributed by atoms with E-state index < -0.39 is 0 Å². The Morgan fingerprint density at radius 1 is 1.40 bits per heavy atom. The number of carbonyl (C=O) groups is 1. The first-order valence-corrected chi connectivity index (χ1v) is 5.79. The Kier molecular flexibility index (Phi) is 2.63. The van der Waals surface area contributed by atoms with Gasteiger partial charge in [-0.3, -0.25) is 0 Å². The predicted octanol–water partition coefficient (Wildman–Crippen LogP) is 0.918. The second kappa shape index (κ2) is 3.67. The fraction of sp³-hybridized carbons (Fsp3) is 0.909. The lowest BCUT2D eigenvalue weighted by molar-refractivity contribution is 0.184. The Labute approximate surface area is 91.2 Å². The molecule has 0 aromatic carbocycles. The number of nitrogens with zero attached hydrogens (tertiary/aromatic N) is 1. The zero-order chi connectivity index (χ0) is 11.1. The Morgan fingerprint density at radius 3 is 2.33 bits per heavy atom. The van der Waals surface area contributed by atoms with Crippen LogP contribution >= 0.6 is 0 Å². The molecule has 1 saturated heterocycles. The quantitative estimate of drug-likeness (QED) is 0.713. The summed E-state index contributed by atoms with van der Waals surface area (Å²) >= 11 is 0. The van der Waals surface area contributed by atoms with Crippen molar-refractivity contribution in [1.82, 2.24) is 10.2 Å². The minimum atomic E-state index is -0.278. The standard InChI is InChI=1S/C11H21N3O/c1-11(2)7-9(11)13-8-3-5-14(6-4-8)10(12)15/h8-9,13H,3-7H2,1-2H3,(H2,12,15). The number of likely N-dealkylation sites (tertiary alicyclic amines) is 1. The third-order valence-electron chi connectivity index (χ3n) is 3.76. The van der Waals surface area contributed by atoms with Gasteiger partial charge in [0, 0.05) is 25.2 Å². The van der Waals surface area contributed by atoms with E-state index in [-0.39, 0.29) is 6.03 Å². The number of primary amides is 1. The van der Waals surface area contributed by atoms with Gasteiger partial charge in [0.25, 0.3) is 0 Å². The van der Waals surface area contributed by atoms with Gasteiger partial charge in [-0.15, -0.1) is 0 Å². The van der Waals surface area contributed by atoms with Crippen LogP contribution in [-0.4, -0.2) is 36.1 Å². The maximum atomic E-state index is 10.9. The van der Waals surface area contributed by atoms with Crippen molar-refractivity contribution in [3.05, 3.63) is 0 Å². The van der Waals surface area contributed by atoms with Crippen LogP contribution in [0.5, 0.6) is 0 Å². The van der Waals surface area contributed by atoms with Crippen molar-refractivity contribution in [3.63, 3.8) is 0 Å². The van der Waals surface area contributed by atoms with Crippen LogP contribution in [0.15, 0.2) is 0 Å². The molecule has 2 aliphatic rings. The van der Waals surface area contributed by atoms with Crippen molar-refractivity contribution in [2.75, 3.05) is 13.1 Å². The summed E-state index contributed by atoms with van der Waals surface area (Å²) in [5.74, 6) is 0. The van der Waals surface area contributed by atoms with E-state index in [1.165, 1.54) is 6.42 Å². The zero-order valence-electron chi connectivity index (χ0n) is 9.62. The van der Waals surface area contributed by atoms with Crippen LogP contribution in [0.3, 0.4) is 0 Å². The Bertz CT molecular complexity index is 257. The van der Waals surface area contributed by atoms with Crippen molar-refractivity contribution >= 4 is 6.03 Å². The van der Waals surface area contributed by atoms with Crippen molar-refractivity contribution in [3.8, 4) is 0 Å². The van der Waals surface area contributed by atoms with Gasteiger partial charge in [-0.1, -0.05) is 13.8 Å². The minimum Gasteiger partial charge on any atom is -0.351 e. The van der Waals surface area contributed by atoms with Crippen molar-refractivity contribution in [2.45, 2.75) is 45.2 Å². The summed E-state index contributed by atoms with van der Waals surface area (Å²) in [5, 5.41) is 3.66. The summed E-state index contributed by atoms with van der Waals surface area (Å²) in [5.41, 5.74) is 5.72. The van der Waals surface area contributed by atoms with E-state index in [0.29, 0.717) is 17.5 Å². The number of nitrogens with one attached hydrogen (secondary N) is 1. The molecule has 2 rings (SSSR count). The lowest BCUT2D eigenvalue weighted by Crippen LogP contribution is -2.47. The molecule has 4 nitrogen and oxygen atoms in total. The first-order chi connectivity index (χ1) is 6.99. The average Bonchev–Trinajstić information content (AvgIpc) is 2.74. The van der Waals surface area contributed by atoms with Crippen LogP contribution < -0.4 is 11.1 Å². The fourth-order valence-electron chi connectivity index (χ4n) is 2.30. The van der Waals surface area contributed by atoms with Gasteiger partial charge in [0.15, 0.2) is 0 Å². The summed E-state index contributed by atoms with van der Waals surface area (Å²) in [4.78, 5) is 12.7. The SMILES string of the molecule is CC1(C)CC1NC1CCN(C(N)=O)CC1. The number of hydrogen-bond donors (Lipinski definition) is 2. The van der Waals surface area contributed by atoms with E-state index in [4.69, 9.17) is 5.73 Å². The molecular weight excluding hydrogens is 190 g/mol. The molecule has 1 unspecified atom stereocenters. The summed E-state index contributed by atoms with van der Waals surface area (Å²) in [6.45, 7) is 6.20. The maximum Gasteiger partial charge on any atom is 0.314 e. The highest BCUT2D eigenvalue weighted by atomic mass is 16.2. The highest BCUT2D eigenvalue weighted by Gasteiger charge is 2.46. The number of carbonyl (C=O) groups excluding carboxylic acids is 1. The number of rotatable bonds is 2. The molecule has 1 aliphatic carbocycles. The van der Waals surface area contributed by atoms with Gasteiger partial charge in [-0.05, 0) is 24.7 Å². The van der Waals surface area contributed by atoms with E-state index in [1.807, 2.05) is 0 Å². The summed E-state index contributed by atoms with van der Waals surface area (Å²) in [7, 11) is 0. The highest BCUT2D eigenvalue weighted by molar-refractivity contribution is 5.72. The molecule has 3 N–H and O–H groups in total. The van der Waals surface area contributed by atoms with Crippen LogP contribution in [-0.2, 0) is 0 Å². The first kappa shape index (κ1) is 10.7. The molecule has 1 aliphatic heterocycles. The number of urea groups is 1. The highest BCUT2D eigenvalue weighted by Crippen LogP contribution is 2.45. The van der Waals surface area contributed by atoms with E-state index in [9.17, 15) is 4.79 Å². The molecule has 0 aromatic heterocycles. The second-order valence-corrected chi connectivity index (χ2v) is 5.51. The smallest absolute Gasteiger partial charge is 0.314 e. The molecule has 15 heavy (non-hydrogen) atoms. The lowest BCUT2D eigenvalue weighted by atomic mass is 10.0. The molecule has 1 heterocycles. The predicted molar refractivity (Wildman–Crippen MR) is 59.5 cm³/mol. The molecule has 0 spiro atoms. The molecule has 86 valence electrons. The molecule has 2 fully saturated rings. The number of amides is 2. The summed E-state index contributed by atoms with van der Waals surface area (Å²) in [6, 6.07) is 0.982. The van der Waals surface area contributed by atoms with E-state index in [2.05, 4.69) is 19.2 Å². The number of nitrogens with two attached hydrogens (primary N) is 1. The fourth-order valence-corrected chi connectivity index (χ4v) is 2.30. The van der Waals surface area contributed by atoms with E-state index in [0.717, 1.165) is 25.9 Å². The minimum absolute atomic E-state index is 0.278. The number of piperidine rings is 1. The molecule has 0 bridgehead atoms. The van der Waals surface area contributed by atoms with Gasteiger partial charge < -0.3 is 16.0 Å². The number of hydrogen-bond acceptors (Lipinski definition) is 2. The van der Waals surface area contributed by atoms with Gasteiger partial charge in [0.05, 0.1) is 0 Å². The maximum absolute atomic E-state index is 10.9. The van der Waals surface area contributed by atoms with Crippen LogP contribution in [0.25, 0.3) is 0 Å². The molecule has 1 atom stereocenters. The van der Waals surface area contributed by atoms with Crippen molar-refractivity contribution < 1.29 is 4.79 Å². The zero-order valence-corrected chi connectivity index (χ0v) is 9.62. The van der Waals surface area contributed by atoms with Crippen LogP contribution in [0, 0.1) is 5.41 Å². The van der Waals surface area contributed by atoms with Gasteiger partial charge >= 0.3 is 6.03 Å². The monoisotopic (exact) mass is 211 g/mol. The summed E-state index contributed by atoms with van der Waals surface area (Å²) in [6.07, 6.45) is 3.36. The van der Waals surface area contributed by atoms with Gasteiger partial charge in [-0.2, -0.15) is 0 Å². The summed E-state index contributed by atoms with van der Waals surface area (Å²) < 4.78 is 0. The Balaban J connectivity index is 1.72. The van der Waals surface area contributed by atoms with Crippen molar-refractivity contribution in [1.29, 1.82) is 0 Å². The third-order valence-corrected chi connectivity index (χ3v) is 3.76. The average molecular weight is 211 g/mol. The molecule has 0 radical (unpaired) electrons. The van der Waals surface area contributed by atoms with Crippen LogP contribution in [0.2, 0.25) is 0 Å². The van der Waals surface area contributed by atoms with E-state index >= 15 is 0 Å². The van der Waals surface area contributed by atoms with Crippen LogP contribution in [0.1, 0.15) is 33.1 Å². The van der Waals surface area contributed by atoms with Crippen molar-refractivity contribution in [2.24, 2.45) is 11.1 Å². The van der Waals surface area contributed by atoms with E-state index in [1.54, 1.807) is 4.90 Å². The Morgan fingerprint density at radius 2 is 1.93 bits per heavy atom. The molecule has 0 aromatic rings. The molecule has 2 amide bonds. The molecular formula is C11H21N3O. The largest absolute Gasteiger partial charge is 0.351 e. The Hall–Kier alpha value is -0.770.